The molecule has 0 atom stereocenters. The van der Waals surface area contributed by atoms with E-state index in [0.29, 0.717) is 52.9 Å². The van der Waals surface area contributed by atoms with Crippen LogP contribution in [-0.2, 0) is 56.2 Å². The molecule has 0 aliphatic heterocycles. The van der Waals surface area contributed by atoms with Gasteiger partial charge in [-0.2, -0.15) is 0 Å². The van der Waals surface area contributed by atoms with Gasteiger partial charge in [0.25, 0.3) is 0 Å². The monoisotopic (exact) mass is 562 g/mol. The van der Waals surface area contributed by atoms with E-state index >= 15 is 0 Å². The highest BCUT2D eigenvalue weighted by Crippen LogP contribution is 2.46. The van der Waals surface area contributed by atoms with E-state index in [-0.39, 0.29) is 10.8 Å². The van der Waals surface area contributed by atoms with Crippen LogP contribution in [-0.4, -0.2) is 26.4 Å². The SMILES string of the molecule is CCOCc1cc(C(C)(C)C)cc(COCC)c1SSc1c(COCC)cc(C(C)(C)C)cc1COCC. The second-order valence-electron chi connectivity index (χ2n) is 11.5. The van der Waals surface area contributed by atoms with E-state index in [9.17, 15) is 0 Å². The molecule has 0 aromatic heterocycles. The van der Waals surface area contributed by atoms with Crippen molar-refractivity contribution in [1.82, 2.24) is 0 Å². The molecule has 0 bridgehead atoms. The van der Waals surface area contributed by atoms with Crippen molar-refractivity contribution >= 4 is 21.6 Å². The average molecular weight is 563 g/mol. The second kappa shape index (κ2) is 15.7. The van der Waals surface area contributed by atoms with Crippen LogP contribution >= 0.6 is 21.6 Å². The van der Waals surface area contributed by atoms with Crippen molar-refractivity contribution in [2.24, 2.45) is 0 Å². The first-order chi connectivity index (χ1) is 18.0. The Balaban J connectivity index is 2.61. The molecule has 0 spiro atoms. The van der Waals surface area contributed by atoms with Crippen LogP contribution in [0.4, 0.5) is 0 Å². The van der Waals surface area contributed by atoms with Crippen molar-refractivity contribution < 1.29 is 18.9 Å². The Kier molecular flexibility index (Phi) is 13.7. The predicted molar refractivity (Wildman–Crippen MR) is 163 cm³/mol. The Bertz CT molecular complexity index is 866. The first-order valence-electron chi connectivity index (χ1n) is 13.9. The Hall–Kier alpha value is -1.02. The van der Waals surface area contributed by atoms with Gasteiger partial charge in [0.15, 0.2) is 0 Å². The normalized spacial score (nSPS) is 12.4. The first-order valence-corrected chi connectivity index (χ1v) is 16.1. The fourth-order valence-electron chi connectivity index (χ4n) is 3.95. The van der Waals surface area contributed by atoms with Crippen LogP contribution in [0.5, 0.6) is 0 Å². The van der Waals surface area contributed by atoms with E-state index < -0.39 is 0 Å². The Morgan fingerprint density at radius 3 is 0.895 bits per heavy atom. The number of rotatable bonds is 15. The van der Waals surface area contributed by atoms with Crippen molar-refractivity contribution in [3.63, 3.8) is 0 Å². The molecule has 0 saturated carbocycles. The molecule has 2 aromatic rings. The second-order valence-corrected chi connectivity index (χ2v) is 13.6. The molecule has 0 heterocycles. The predicted octanol–water partition coefficient (Wildman–Crippen LogP) is 9.23. The minimum Gasteiger partial charge on any atom is -0.377 e. The molecule has 0 amide bonds. The molecular weight excluding hydrogens is 512 g/mol. The van der Waals surface area contributed by atoms with Gasteiger partial charge in [0.1, 0.15) is 0 Å². The molecule has 0 aliphatic carbocycles. The van der Waals surface area contributed by atoms with Crippen molar-refractivity contribution in [3.8, 4) is 0 Å². The number of hydrogen-bond acceptors (Lipinski definition) is 6. The molecule has 214 valence electrons. The summed E-state index contributed by atoms with van der Waals surface area (Å²) in [7, 11) is 3.60. The number of hydrogen-bond donors (Lipinski definition) is 0. The zero-order valence-corrected chi connectivity index (χ0v) is 27.0. The van der Waals surface area contributed by atoms with E-state index in [4.69, 9.17) is 18.9 Å². The van der Waals surface area contributed by atoms with Crippen molar-refractivity contribution in [1.29, 1.82) is 0 Å². The van der Waals surface area contributed by atoms with Gasteiger partial charge in [-0.1, -0.05) is 87.4 Å². The van der Waals surface area contributed by atoms with Crippen LogP contribution in [0.3, 0.4) is 0 Å². The summed E-state index contributed by atoms with van der Waals surface area (Å²) < 4.78 is 23.8. The van der Waals surface area contributed by atoms with Crippen LogP contribution in [0, 0.1) is 0 Å². The first kappa shape index (κ1) is 33.2. The topological polar surface area (TPSA) is 36.9 Å². The minimum atomic E-state index is 0.0381. The van der Waals surface area contributed by atoms with Gasteiger partial charge < -0.3 is 18.9 Å². The largest absolute Gasteiger partial charge is 0.377 e. The summed E-state index contributed by atoms with van der Waals surface area (Å²) in [6.45, 7) is 26.8. The maximum atomic E-state index is 5.94. The summed E-state index contributed by atoms with van der Waals surface area (Å²) >= 11 is 0. The summed E-state index contributed by atoms with van der Waals surface area (Å²) in [4.78, 5) is 2.46. The van der Waals surface area contributed by atoms with Gasteiger partial charge in [0.05, 0.1) is 26.4 Å². The molecule has 0 N–H and O–H groups in total. The van der Waals surface area contributed by atoms with E-state index in [2.05, 4.69) is 65.8 Å². The third-order valence-electron chi connectivity index (χ3n) is 6.27. The van der Waals surface area contributed by atoms with Crippen LogP contribution in [0.25, 0.3) is 0 Å². The molecule has 6 heteroatoms. The smallest absolute Gasteiger partial charge is 0.0728 e. The highest BCUT2D eigenvalue weighted by atomic mass is 33.1. The molecule has 2 rings (SSSR count). The summed E-state index contributed by atoms with van der Waals surface area (Å²) in [5.74, 6) is 0. The molecule has 4 nitrogen and oxygen atoms in total. The quantitative estimate of drug-likeness (QED) is 0.201. The standard InChI is InChI=1S/C32H50O4S2/c1-11-33-19-23-15-27(31(5,6)7)16-24(20-34-12-2)29(23)37-38-30-25(21-35-13-3)17-28(32(8,9)10)18-26(30)22-36-14-4/h15-18H,11-14,19-22H2,1-10H3. The lowest BCUT2D eigenvalue weighted by Gasteiger charge is -2.25. The van der Waals surface area contributed by atoms with Gasteiger partial charge in [-0.15, -0.1) is 0 Å². The van der Waals surface area contributed by atoms with Crippen molar-refractivity contribution in [3.05, 3.63) is 57.6 Å². The van der Waals surface area contributed by atoms with Crippen LogP contribution in [0.2, 0.25) is 0 Å². The van der Waals surface area contributed by atoms with Gasteiger partial charge in [0.2, 0.25) is 0 Å². The third-order valence-corrected chi connectivity index (χ3v) is 8.99. The highest BCUT2D eigenvalue weighted by Gasteiger charge is 2.23. The van der Waals surface area contributed by atoms with E-state index in [0.717, 1.165) is 0 Å². The van der Waals surface area contributed by atoms with Gasteiger partial charge >= 0.3 is 0 Å². The summed E-state index contributed by atoms with van der Waals surface area (Å²) in [6.07, 6.45) is 0. The number of ether oxygens (including phenoxy) is 4. The maximum absolute atomic E-state index is 5.94. The highest BCUT2D eigenvalue weighted by molar-refractivity contribution is 8.76. The van der Waals surface area contributed by atoms with E-state index in [1.807, 2.05) is 27.7 Å². The zero-order chi connectivity index (χ0) is 28.3. The van der Waals surface area contributed by atoms with Crippen molar-refractivity contribution in [2.75, 3.05) is 26.4 Å². The molecule has 0 fully saturated rings. The fourth-order valence-corrected chi connectivity index (χ4v) is 6.80. The average Bonchev–Trinajstić information content (AvgIpc) is 2.86. The minimum absolute atomic E-state index is 0.0381. The molecule has 38 heavy (non-hydrogen) atoms. The number of benzene rings is 2. The molecular formula is C32H50O4S2. The Labute approximate surface area is 240 Å². The Morgan fingerprint density at radius 1 is 0.474 bits per heavy atom. The van der Waals surface area contributed by atoms with Gasteiger partial charge in [0, 0.05) is 36.2 Å². The fraction of sp³-hybridized carbons (Fsp3) is 0.625. The van der Waals surface area contributed by atoms with Crippen LogP contribution < -0.4 is 0 Å². The third kappa shape index (κ3) is 9.87. The van der Waals surface area contributed by atoms with Gasteiger partial charge in [-0.3, -0.25) is 0 Å². The summed E-state index contributed by atoms with van der Waals surface area (Å²) in [5, 5.41) is 0. The lowest BCUT2D eigenvalue weighted by atomic mass is 9.85. The van der Waals surface area contributed by atoms with E-state index in [1.54, 1.807) is 21.6 Å². The maximum Gasteiger partial charge on any atom is 0.0728 e. The zero-order valence-electron chi connectivity index (χ0n) is 25.4. The molecule has 2 aromatic carbocycles. The molecule has 0 unspecified atom stereocenters. The molecule has 0 saturated heterocycles. The summed E-state index contributed by atoms with van der Waals surface area (Å²) in [6, 6.07) is 9.27. The molecule has 0 aliphatic rings. The van der Waals surface area contributed by atoms with Crippen LogP contribution in [0.1, 0.15) is 103 Å². The lowest BCUT2D eigenvalue weighted by Crippen LogP contribution is -2.14. The van der Waals surface area contributed by atoms with E-state index in [1.165, 1.54) is 43.2 Å². The molecule has 0 radical (unpaired) electrons. The summed E-state index contributed by atoms with van der Waals surface area (Å²) in [5.41, 5.74) is 7.56. The Morgan fingerprint density at radius 2 is 0.711 bits per heavy atom. The van der Waals surface area contributed by atoms with Gasteiger partial charge in [-0.25, -0.2) is 0 Å². The van der Waals surface area contributed by atoms with Crippen molar-refractivity contribution in [2.45, 2.75) is 116 Å². The van der Waals surface area contributed by atoms with Crippen LogP contribution in [0.15, 0.2) is 34.1 Å². The lowest BCUT2D eigenvalue weighted by molar-refractivity contribution is 0.126. The van der Waals surface area contributed by atoms with Gasteiger partial charge in [-0.05, 0) is 71.9 Å².